The van der Waals surface area contributed by atoms with E-state index in [0.717, 1.165) is 26.3 Å². The third kappa shape index (κ3) is 2.01. The number of aromatic nitrogens is 2. The summed E-state index contributed by atoms with van der Waals surface area (Å²) in [4.78, 5) is 4.43. The highest BCUT2D eigenvalue weighted by Crippen LogP contribution is 2.29. The molecule has 2 aromatic rings. The zero-order valence-electron chi connectivity index (χ0n) is 8.87. The van der Waals surface area contributed by atoms with Gasteiger partial charge in [-0.2, -0.15) is 0 Å². The number of ether oxygens (including phenoxy) is 1. The summed E-state index contributed by atoms with van der Waals surface area (Å²) >= 11 is 6.84. The van der Waals surface area contributed by atoms with E-state index >= 15 is 0 Å². The Kier molecular flexibility index (Phi) is 3.35. The van der Waals surface area contributed by atoms with Gasteiger partial charge in [0.15, 0.2) is 0 Å². The van der Waals surface area contributed by atoms with Crippen LogP contribution in [0.15, 0.2) is 33.5 Å². The number of imidazole rings is 1. The predicted octanol–water partition coefficient (Wildman–Crippen LogP) is 3.62. The lowest BCUT2D eigenvalue weighted by Crippen LogP contribution is -1.92. The first-order chi connectivity index (χ1) is 7.63. The summed E-state index contributed by atoms with van der Waals surface area (Å²) in [5, 5.41) is 0. The zero-order valence-corrected chi connectivity index (χ0v) is 12.0. The Morgan fingerprint density at radius 2 is 1.81 bits per heavy atom. The van der Waals surface area contributed by atoms with Gasteiger partial charge in [0.2, 0.25) is 0 Å². The van der Waals surface area contributed by atoms with E-state index in [1.54, 1.807) is 7.11 Å². The molecule has 2 rings (SSSR count). The molecule has 0 saturated heterocycles. The summed E-state index contributed by atoms with van der Waals surface area (Å²) < 4.78 is 8.83. The van der Waals surface area contributed by atoms with E-state index in [1.165, 1.54) is 0 Å². The largest absolute Gasteiger partial charge is 0.497 e. The van der Waals surface area contributed by atoms with Gasteiger partial charge in [-0.15, -0.1) is 0 Å². The van der Waals surface area contributed by atoms with E-state index < -0.39 is 0 Å². The topological polar surface area (TPSA) is 27.1 Å². The minimum Gasteiger partial charge on any atom is -0.497 e. The Balaban J connectivity index is 2.46. The second-order valence-corrected chi connectivity index (χ2v) is 4.81. The molecular formula is C11H10Br2N2O. The molecule has 1 heterocycles. The SMILES string of the molecule is COc1ccc(-c2nc(Br)c(Br)n2C)cc1. The molecule has 5 heteroatoms. The second-order valence-electron chi connectivity index (χ2n) is 3.30. The van der Waals surface area contributed by atoms with Crippen LogP contribution in [0.2, 0.25) is 0 Å². The van der Waals surface area contributed by atoms with Gasteiger partial charge < -0.3 is 9.30 Å². The Hall–Kier alpha value is -0.810. The number of nitrogens with zero attached hydrogens (tertiary/aromatic N) is 2. The average molecular weight is 346 g/mol. The lowest BCUT2D eigenvalue weighted by Gasteiger charge is -2.03. The highest BCUT2D eigenvalue weighted by Gasteiger charge is 2.11. The van der Waals surface area contributed by atoms with E-state index in [4.69, 9.17) is 4.74 Å². The van der Waals surface area contributed by atoms with Crippen LogP contribution in [0.4, 0.5) is 0 Å². The summed E-state index contributed by atoms with van der Waals surface area (Å²) in [6.45, 7) is 0. The molecule has 0 aliphatic carbocycles. The Labute approximate surface area is 111 Å². The number of benzene rings is 1. The minimum atomic E-state index is 0.806. The summed E-state index contributed by atoms with van der Waals surface area (Å²) in [6.07, 6.45) is 0. The standard InChI is InChI=1S/C11H10Br2N2O/c1-15-10(13)9(12)14-11(15)7-3-5-8(16-2)6-4-7/h3-6H,1-2H3. The van der Waals surface area contributed by atoms with Gasteiger partial charge in [0.25, 0.3) is 0 Å². The fourth-order valence-electron chi connectivity index (χ4n) is 1.44. The maximum absolute atomic E-state index is 5.12. The van der Waals surface area contributed by atoms with Crippen LogP contribution >= 0.6 is 31.9 Å². The van der Waals surface area contributed by atoms with Crippen LogP contribution in [-0.2, 0) is 7.05 Å². The van der Waals surface area contributed by atoms with Crippen LogP contribution in [0.5, 0.6) is 5.75 Å². The molecule has 0 bridgehead atoms. The van der Waals surface area contributed by atoms with Crippen molar-refractivity contribution >= 4 is 31.9 Å². The van der Waals surface area contributed by atoms with E-state index in [0.29, 0.717) is 0 Å². The maximum Gasteiger partial charge on any atom is 0.141 e. The predicted molar refractivity (Wildman–Crippen MR) is 70.6 cm³/mol. The zero-order chi connectivity index (χ0) is 11.7. The second kappa shape index (κ2) is 4.59. The van der Waals surface area contributed by atoms with E-state index in [-0.39, 0.29) is 0 Å². The molecule has 84 valence electrons. The summed E-state index contributed by atoms with van der Waals surface area (Å²) in [6, 6.07) is 7.82. The van der Waals surface area contributed by atoms with Gasteiger partial charge in [-0.05, 0) is 56.1 Å². The molecule has 16 heavy (non-hydrogen) atoms. The molecule has 0 fully saturated rings. The molecule has 0 aliphatic rings. The van der Waals surface area contributed by atoms with Gasteiger partial charge in [0, 0.05) is 12.6 Å². The van der Waals surface area contributed by atoms with Crippen molar-refractivity contribution in [1.29, 1.82) is 0 Å². The molecule has 1 aromatic carbocycles. The Morgan fingerprint density at radius 3 is 2.25 bits per heavy atom. The molecule has 0 aliphatic heterocycles. The van der Waals surface area contributed by atoms with Crippen molar-refractivity contribution in [2.75, 3.05) is 7.11 Å². The van der Waals surface area contributed by atoms with Crippen LogP contribution < -0.4 is 4.74 Å². The molecule has 0 radical (unpaired) electrons. The van der Waals surface area contributed by atoms with E-state index in [2.05, 4.69) is 36.8 Å². The average Bonchev–Trinajstić information content (AvgIpc) is 2.57. The van der Waals surface area contributed by atoms with Crippen LogP contribution in [0, 0.1) is 0 Å². The van der Waals surface area contributed by atoms with E-state index in [1.807, 2.05) is 35.9 Å². The van der Waals surface area contributed by atoms with Crippen molar-refractivity contribution in [3.05, 3.63) is 33.5 Å². The van der Waals surface area contributed by atoms with Crippen molar-refractivity contribution in [3.63, 3.8) is 0 Å². The first-order valence-electron chi connectivity index (χ1n) is 4.65. The number of methoxy groups -OCH3 is 1. The number of rotatable bonds is 2. The maximum atomic E-state index is 5.12. The Bertz CT molecular complexity index is 505. The molecule has 1 aromatic heterocycles. The fourth-order valence-corrected chi connectivity index (χ4v) is 2.13. The summed E-state index contributed by atoms with van der Waals surface area (Å²) in [5.41, 5.74) is 1.05. The van der Waals surface area contributed by atoms with Crippen molar-refractivity contribution < 1.29 is 4.74 Å². The monoisotopic (exact) mass is 344 g/mol. The van der Waals surface area contributed by atoms with Crippen LogP contribution in [-0.4, -0.2) is 16.7 Å². The summed E-state index contributed by atoms with van der Waals surface area (Å²) in [7, 11) is 3.62. The lowest BCUT2D eigenvalue weighted by atomic mass is 10.2. The van der Waals surface area contributed by atoms with Crippen LogP contribution in [0.3, 0.4) is 0 Å². The van der Waals surface area contributed by atoms with Crippen molar-refractivity contribution in [2.45, 2.75) is 0 Å². The molecule has 0 amide bonds. The van der Waals surface area contributed by atoms with E-state index in [9.17, 15) is 0 Å². The quantitative estimate of drug-likeness (QED) is 0.831. The number of hydrogen-bond acceptors (Lipinski definition) is 2. The molecule has 3 nitrogen and oxygen atoms in total. The molecule has 0 N–H and O–H groups in total. The summed E-state index contributed by atoms with van der Waals surface area (Å²) in [5.74, 6) is 1.75. The van der Waals surface area contributed by atoms with Gasteiger partial charge in [0.1, 0.15) is 20.8 Å². The number of hydrogen-bond donors (Lipinski definition) is 0. The minimum absolute atomic E-state index is 0.806. The van der Waals surface area contributed by atoms with Gasteiger partial charge in [-0.3, -0.25) is 0 Å². The third-order valence-corrected chi connectivity index (χ3v) is 4.33. The van der Waals surface area contributed by atoms with Crippen molar-refractivity contribution in [1.82, 2.24) is 9.55 Å². The number of halogens is 2. The molecule has 0 atom stereocenters. The third-order valence-electron chi connectivity index (χ3n) is 2.33. The van der Waals surface area contributed by atoms with Crippen molar-refractivity contribution in [3.8, 4) is 17.1 Å². The Morgan fingerprint density at radius 1 is 1.19 bits per heavy atom. The van der Waals surface area contributed by atoms with Crippen LogP contribution in [0.25, 0.3) is 11.4 Å². The smallest absolute Gasteiger partial charge is 0.141 e. The fraction of sp³-hybridized carbons (Fsp3) is 0.182. The highest BCUT2D eigenvalue weighted by molar-refractivity contribution is 9.13. The first kappa shape index (κ1) is 11.7. The van der Waals surface area contributed by atoms with Gasteiger partial charge in [-0.25, -0.2) is 4.98 Å². The van der Waals surface area contributed by atoms with Gasteiger partial charge >= 0.3 is 0 Å². The molecular weight excluding hydrogens is 336 g/mol. The molecule has 0 saturated carbocycles. The van der Waals surface area contributed by atoms with Crippen LogP contribution in [0.1, 0.15) is 0 Å². The lowest BCUT2D eigenvalue weighted by molar-refractivity contribution is 0.415. The molecule has 0 spiro atoms. The van der Waals surface area contributed by atoms with Gasteiger partial charge in [0.05, 0.1) is 7.11 Å². The van der Waals surface area contributed by atoms with Gasteiger partial charge in [-0.1, -0.05) is 0 Å². The highest BCUT2D eigenvalue weighted by atomic mass is 79.9. The first-order valence-corrected chi connectivity index (χ1v) is 6.24. The molecule has 0 unspecified atom stereocenters. The van der Waals surface area contributed by atoms with Crippen molar-refractivity contribution in [2.24, 2.45) is 7.05 Å². The normalized spacial score (nSPS) is 10.5.